The SMILES string of the molecule is CCc1cc(NC(=O)NS(=O)(=O)N(c2cnn(C)c2)C2CCCN(C)C2)c(CC)s1. The van der Waals surface area contributed by atoms with Gasteiger partial charge in [-0.25, -0.2) is 13.8 Å². The van der Waals surface area contributed by atoms with Crippen LogP contribution in [0.15, 0.2) is 18.5 Å². The second-order valence-electron chi connectivity index (χ2n) is 7.54. The van der Waals surface area contributed by atoms with Crippen molar-refractivity contribution in [2.45, 2.75) is 45.6 Å². The Labute approximate surface area is 182 Å². The molecule has 0 aromatic carbocycles. The first-order chi connectivity index (χ1) is 14.2. The summed E-state index contributed by atoms with van der Waals surface area (Å²) in [6, 6.07) is 0.866. The summed E-state index contributed by atoms with van der Waals surface area (Å²) in [5.74, 6) is 0. The summed E-state index contributed by atoms with van der Waals surface area (Å²) in [6.07, 6.45) is 6.38. The number of nitrogens with one attached hydrogen (secondary N) is 2. The number of urea groups is 1. The number of hydrogen-bond acceptors (Lipinski definition) is 6. The fourth-order valence-electron chi connectivity index (χ4n) is 3.74. The molecule has 166 valence electrons. The van der Waals surface area contributed by atoms with E-state index in [1.165, 1.54) is 10.5 Å². The van der Waals surface area contributed by atoms with Crippen LogP contribution in [0.5, 0.6) is 0 Å². The highest BCUT2D eigenvalue weighted by Gasteiger charge is 2.34. The molecule has 2 aromatic heterocycles. The molecule has 0 spiro atoms. The van der Waals surface area contributed by atoms with Crippen LogP contribution in [0.1, 0.15) is 36.4 Å². The van der Waals surface area contributed by atoms with Crippen molar-refractivity contribution in [1.82, 2.24) is 19.4 Å². The van der Waals surface area contributed by atoms with Crippen LogP contribution < -0.4 is 14.3 Å². The number of amides is 2. The fraction of sp³-hybridized carbons (Fsp3) is 0.579. The molecule has 9 nitrogen and oxygen atoms in total. The van der Waals surface area contributed by atoms with Gasteiger partial charge in [0, 0.05) is 29.5 Å². The van der Waals surface area contributed by atoms with Crippen molar-refractivity contribution >= 4 is 39.0 Å². The van der Waals surface area contributed by atoms with Crippen LogP contribution in [0, 0.1) is 0 Å². The number of aromatic nitrogens is 2. The Morgan fingerprint density at radius 1 is 1.33 bits per heavy atom. The molecule has 2 N–H and O–H groups in total. The fourth-order valence-corrected chi connectivity index (χ4v) is 6.06. The zero-order valence-electron chi connectivity index (χ0n) is 17.9. The van der Waals surface area contributed by atoms with E-state index < -0.39 is 16.2 Å². The Morgan fingerprint density at radius 2 is 2.10 bits per heavy atom. The minimum absolute atomic E-state index is 0.280. The first kappa shape index (κ1) is 22.6. The standard InChI is InChI=1S/C19H30N6O3S2/c1-5-16-10-17(18(6-2)29-16)21-19(26)22-30(27,28)25(15-11-20-24(4)13-15)14-8-7-9-23(3)12-14/h10-11,13-14H,5-9,12H2,1-4H3,(H2,21,22,26). The van der Waals surface area contributed by atoms with Gasteiger partial charge in [0.2, 0.25) is 0 Å². The predicted octanol–water partition coefficient (Wildman–Crippen LogP) is 2.57. The molecule has 2 amide bonds. The number of likely N-dealkylation sites (N-methyl/N-ethyl adjacent to an activating group) is 1. The third-order valence-corrected chi connectivity index (χ3v) is 8.03. The van der Waals surface area contributed by atoms with Crippen molar-refractivity contribution in [2.75, 3.05) is 29.8 Å². The summed E-state index contributed by atoms with van der Waals surface area (Å²) in [4.78, 5) is 16.9. The van der Waals surface area contributed by atoms with E-state index in [2.05, 4.69) is 20.0 Å². The smallest absolute Gasteiger partial charge is 0.306 e. The first-order valence-electron chi connectivity index (χ1n) is 10.2. The number of thiophene rings is 1. The van der Waals surface area contributed by atoms with Gasteiger partial charge in [-0.1, -0.05) is 13.8 Å². The average Bonchev–Trinajstić information content (AvgIpc) is 3.26. The number of carbonyl (C=O) groups is 1. The monoisotopic (exact) mass is 454 g/mol. The first-order valence-corrected chi connectivity index (χ1v) is 12.4. The van der Waals surface area contributed by atoms with Crippen molar-refractivity contribution in [1.29, 1.82) is 0 Å². The molecule has 3 rings (SSSR count). The van der Waals surface area contributed by atoms with Crippen molar-refractivity contribution < 1.29 is 13.2 Å². The summed E-state index contributed by atoms with van der Waals surface area (Å²) in [5, 5.41) is 6.84. The van der Waals surface area contributed by atoms with Gasteiger partial charge in [-0.2, -0.15) is 13.5 Å². The molecule has 11 heteroatoms. The lowest BCUT2D eigenvalue weighted by molar-refractivity contribution is 0.251. The molecule has 1 aliphatic rings. The van der Waals surface area contributed by atoms with Crippen LogP contribution in [0.4, 0.5) is 16.2 Å². The number of piperidine rings is 1. The second-order valence-corrected chi connectivity index (χ2v) is 10.3. The summed E-state index contributed by atoms with van der Waals surface area (Å²) < 4.78 is 31.6. The Morgan fingerprint density at radius 3 is 2.70 bits per heavy atom. The highest BCUT2D eigenvalue weighted by Crippen LogP contribution is 2.29. The third-order valence-electron chi connectivity index (χ3n) is 5.14. The van der Waals surface area contributed by atoms with Crippen LogP contribution in [-0.2, 0) is 30.1 Å². The van der Waals surface area contributed by atoms with E-state index in [0.29, 0.717) is 24.3 Å². The molecule has 1 aliphatic heterocycles. The summed E-state index contributed by atoms with van der Waals surface area (Å²) in [6.45, 7) is 5.56. The molecule has 0 bridgehead atoms. The lowest BCUT2D eigenvalue weighted by atomic mass is 10.1. The van der Waals surface area contributed by atoms with E-state index in [4.69, 9.17) is 0 Å². The number of carbonyl (C=O) groups excluding carboxylic acids is 1. The Bertz CT molecular complexity index is 984. The Balaban J connectivity index is 1.82. The van der Waals surface area contributed by atoms with E-state index >= 15 is 0 Å². The lowest BCUT2D eigenvalue weighted by Gasteiger charge is -2.37. The van der Waals surface area contributed by atoms with Crippen LogP contribution in [0.3, 0.4) is 0 Å². The number of anilines is 2. The molecule has 0 radical (unpaired) electrons. The van der Waals surface area contributed by atoms with Gasteiger partial charge in [0.25, 0.3) is 0 Å². The van der Waals surface area contributed by atoms with E-state index in [1.807, 2.05) is 27.0 Å². The molecule has 30 heavy (non-hydrogen) atoms. The maximum absolute atomic E-state index is 13.3. The molecule has 1 atom stereocenters. The van der Waals surface area contributed by atoms with Gasteiger partial charge in [0.05, 0.1) is 23.6 Å². The highest BCUT2D eigenvalue weighted by molar-refractivity contribution is 7.91. The van der Waals surface area contributed by atoms with Gasteiger partial charge in [0.1, 0.15) is 0 Å². The molecule has 3 heterocycles. The predicted molar refractivity (Wildman–Crippen MR) is 120 cm³/mol. The van der Waals surface area contributed by atoms with Crippen molar-refractivity contribution in [3.63, 3.8) is 0 Å². The minimum Gasteiger partial charge on any atom is -0.306 e. The largest absolute Gasteiger partial charge is 0.334 e. The Hall–Kier alpha value is -2.11. The molecular formula is C19H30N6O3S2. The second kappa shape index (κ2) is 9.36. The van der Waals surface area contributed by atoms with E-state index in [-0.39, 0.29) is 6.04 Å². The van der Waals surface area contributed by atoms with Crippen molar-refractivity contribution in [3.05, 3.63) is 28.2 Å². The van der Waals surface area contributed by atoms with E-state index in [0.717, 1.165) is 35.6 Å². The van der Waals surface area contributed by atoms with Gasteiger partial charge in [-0.05, 0) is 45.3 Å². The molecule has 1 unspecified atom stereocenters. The number of nitrogens with zero attached hydrogens (tertiary/aromatic N) is 4. The molecule has 2 aromatic rings. The van der Waals surface area contributed by atoms with Crippen LogP contribution in [0.25, 0.3) is 0 Å². The molecule has 1 saturated heterocycles. The zero-order valence-corrected chi connectivity index (χ0v) is 19.5. The summed E-state index contributed by atoms with van der Waals surface area (Å²) in [7, 11) is -0.430. The number of rotatable bonds is 7. The average molecular weight is 455 g/mol. The summed E-state index contributed by atoms with van der Waals surface area (Å²) in [5.41, 5.74) is 1.11. The van der Waals surface area contributed by atoms with Gasteiger partial charge in [-0.3, -0.25) is 4.68 Å². The highest BCUT2D eigenvalue weighted by atomic mass is 32.2. The van der Waals surface area contributed by atoms with Crippen molar-refractivity contribution in [3.8, 4) is 0 Å². The maximum Gasteiger partial charge on any atom is 0.334 e. The maximum atomic E-state index is 13.3. The molecule has 1 fully saturated rings. The zero-order chi connectivity index (χ0) is 21.9. The van der Waals surface area contributed by atoms with Crippen LogP contribution >= 0.6 is 11.3 Å². The van der Waals surface area contributed by atoms with Gasteiger partial charge in [-0.15, -0.1) is 11.3 Å². The molecule has 0 aliphatic carbocycles. The minimum atomic E-state index is -4.13. The van der Waals surface area contributed by atoms with E-state index in [1.54, 1.807) is 29.3 Å². The van der Waals surface area contributed by atoms with Gasteiger partial charge in [0.15, 0.2) is 0 Å². The van der Waals surface area contributed by atoms with Crippen molar-refractivity contribution in [2.24, 2.45) is 7.05 Å². The number of likely N-dealkylation sites (tertiary alicyclic amines) is 1. The lowest BCUT2D eigenvalue weighted by Crippen LogP contribution is -2.54. The van der Waals surface area contributed by atoms with Crippen LogP contribution in [0.2, 0.25) is 0 Å². The van der Waals surface area contributed by atoms with Gasteiger partial charge >= 0.3 is 16.2 Å². The third kappa shape index (κ3) is 5.13. The molecular weight excluding hydrogens is 424 g/mol. The number of aryl methyl sites for hydroxylation is 3. The van der Waals surface area contributed by atoms with E-state index in [9.17, 15) is 13.2 Å². The quantitative estimate of drug-likeness (QED) is 0.670. The van der Waals surface area contributed by atoms with Crippen LogP contribution in [-0.4, -0.2) is 55.3 Å². The number of hydrogen-bond donors (Lipinski definition) is 2. The van der Waals surface area contributed by atoms with Gasteiger partial charge < -0.3 is 10.2 Å². The summed E-state index contributed by atoms with van der Waals surface area (Å²) >= 11 is 1.63. The molecule has 0 saturated carbocycles. The topological polar surface area (TPSA) is 99.6 Å². The normalized spacial score (nSPS) is 17.7. The Kier molecular flexibility index (Phi) is 7.04.